The van der Waals surface area contributed by atoms with Crippen LogP contribution in [0.3, 0.4) is 0 Å². The van der Waals surface area contributed by atoms with Gasteiger partial charge in [-0.1, -0.05) is 19.3 Å². The Labute approximate surface area is 125 Å². The van der Waals surface area contributed by atoms with E-state index < -0.39 is 0 Å². The maximum Gasteiger partial charge on any atom is 0.315 e. The molecule has 4 amide bonds. The number of nitrogens with zero attached hydrogens (tertiary/aromatic N) is 1. The fraction of sp³-hybridized carbons (Fsp3) is 0.786. The smallest absolute Gasteiger partial charge is 0.315 e. The van der Waals surface area contributed by atoms with Gasteiger partial charge in [0.1, 0.15) is 0 Å². The second kappa shape index (κ2) is 9.20. The van der Waals surface area contributed by atoms with Gasteiger partial charge in [-0.05, 0) is 12.8 Å². The van der Waals surface area contributed by atoms with E-state index in [1.807, 2.05) is 0 Å². The highest BCUT2D eigenvalue weighted by Crippen LogP contribution is 2.16. The van der Waals surface area contributed by atoms with Crippen molar-refractivity contribution in [2.45, 2.75) is 44.6 Å². The molecule has 1 aliphatic carbocycles. The molecular formula is C14H26N4O3. The lowest BCUT2D eigenvalue weighted by Gasteiger charge is -2.22. The molecule has 0 unspecified atom stereocenters. The zero-order valence-electron chi connectivity index (χ0n) is 12.9. The van der Waals surface area contributed by atoms with E-state index in [2.05, 4.69) is 16.0 Å². The minimum absolute atomic E-state index is 0.0138. The second-order valence-electron chi connectivity index (χ2n) is 5.55. The molecule has 1 fully saturated rings. The molecule has 7 heteroatoms. The van der Waals surface area contributed by atoms with Crippen molar-refractivity contribution in [3.05, 3.63) is 0 Å². The van der Waals surface area contributed by atoms with Gasteiger partial charge in [-0.15, -0.1) is 0 Å². The van der Waals surface area contributed by atoms with Crippen LogP contribution in [0, 0.1) is 0 Å². The maximum absolute atomic E-state index is 11.6. The van der Waals surface area contributed by atoms with Gasteiger partial charge in [-0.3, -0.25) is 9.59 Å². The minimum Gasteiger partial charge on any atom is -0.347 e. The Bertz CT molecular complexity index is 365. The molecule has 1 saturated carbocycles. The quantitative estimate of drug-likeness (QED) is 0.655. The van der Waals surface area contributed by atoms with Crippen molar-refractivity contribution in [3.8, 4) is 0 Å². The Morgan fingerprint density at radius 1 is 1.05 bits per heavy atom. The number of urea groups is 1. The third kappa shape index (κ3) is 7.53. The summed E-state index contributed by atoms with van der Waals surface area (Å²) in [6.07, 6.45) is 5.78. The van der Waals surface area contributed by atoms with E-state index in [9.17, 15) is 14.4 Å². The summed E-state index contributed by atoms with van der Waals surface area (Å²) in [6.45, 7) is 0.251. The van der Waals surface area contributed by atoms with Gasteiger partial charge in [0.2, 0.25) is 11.8 Å². The Morgan fingerprint density at radius 3 is 2.33 bits per heavy atom. The average molecular weight is 298 g/mol. The number of carbonyl (C=O) groups excluding carboxylic acids is 3. The van der Waals surface area contributed by atoms with E-state index in [-0.39, 0.29) is 43.4 Å². The summed E-state index contributed by atoms with van der Waals surface area (Å²) in [5.74, 6) is -0.408. The number of nitrogens with one attached hydrogen (secondary N) is 3. The molecule has 0 heterocycles. The van der Waals surface area contributed by atoms with Gasteiger partial charge in [0.15, 0.2) is 0 Å². The van der Waals surface area contributed by atoms with Crippen molar-refractivity contribution in [1.82, 2.24) is 20.9 Å². The van der Waals surface area contributed by atoms with Gasteiger partial charge >= 0.3 is 6.03 Å². The summed E-state index contributed by atoms with van der Waals surface area (Å²) in [5.41, 5.74) is 0. The number of hydrogen-bond donors (Lipinski definition) is 3. The fourth-order valence-corrected chi connectivity index (χ4v) is 2.19. The van der Waals surface area contributed by atoms with Crippen LogP contribution in [0.2, 0.25) is 0 Å². The SMILES string of the molecule is CN(C)C(=O)CNC(=O)CCNC(=O)NC1CCCCC1. The van der Waals surface area contributed by atoms with Crippen molar-refractivity contribution in [3.63, 3.8) is 0 Å². The number of hydrogen-bond acceptors (Lipinski definition) is 3. The Kier molecular flexibility index (Phi) is 7.56. The Balaban J connectivity index is 2.07. The van der Waals surface area contributed by atoms with Crippen LogP contribution in [0.4, 0.5) is 4.79 Å². The summed E-state index contributed by atoms with van der Waals surface area (Å²) in [6, 6.07) is 0.0318. The van der Waals surface area contributed by atoms with Crippen LogP contribution in [0.25, 0.3) is 0 Å². The Hall–Kier alpha value is -1.79. The molecule has 0 aromatic carbocycles. The van der Waals surface area contributed by atoms with Crippen molar-refractivity contribution >= 4 is 17.8 Å². The van der Waals surface area contributed by atoms with Gasteiger partial charge in [0, 0.05) is 33.1 Å². The van der Waals surface area contributed by atoms with Crippen LogP contribution in [0.5, 0.6) is 0 Å². The molecule has 3 N–H and O–H groups in total. The molecular weight excluding hydrogens is 272 g/mol. The predicted octanol–water partition coefficient (Wildman–Crippen LogP) is 0.213. The maximum atomic E-state index is 11.6. The topological polar surface area (TPSA) is 90.5 Å². The van der Waals surface area contributed by atoms with Crippen molar-refractivity contribution in [1.29, 1.82) is 0 Å². The van der Waals surface area contributed by atoms with Crippen LogP contribution in [-0.2, 0) is 9.59 Å². The molecule has 0 radical (unpaired) electrons. The van der Waals surface area contributed by atoms with Crippen LogP contribution >= 0.6 is 0 Å². The first-order valence-electron chi connectivity index (χ1n) is 7.50. The van der Waals surface area contributed by atoms with Gasteiger partial charge in [-0.25, -0.2) is 4.79 Å². The third-order valence-electron chi connectivity index (χ3n) is 3.51. The zero-order valence-corrected chi connectivity index (χ0v) is 12.9. The summed E-state index contributed by atoms with van der Waals surface area (Å²) < 4.78 is 0. The van der Waals surface area contributed by atoms with Crippen molar-refractivity contribution in [2.24, 2.45) is 0 Å². The summed E-state index contributed by atoms with van der Waals surface area (Å²) in [4.78, 5) is 35.8. The summed E-state index contributed by atoms with van der Waals surface area (Å²) in [7, 11) is 3.26. The molecule has 21 heavy (non-hydrogen) atoms. The highest BCUT2D eigenvalue weighted by atomic mass is 16.2. The van der Waals surface area contributed by atoms with E-state index in [4.69, 9.17) is 0 Å². The molecule has 7 nitrogen and oxygen atoms in total. The monoisotopic (exact) mass is 298 g/mol. The normalized spacial score (nSPS) is 15.1. The largest absolute Gasteiger partial charge is 0.347 e. The molecule has 0 aromatic rings. The van der Waals surface area contributed by atoms with Crippen LogP contribution < -0.4 is 16.0 Å². The Morgan fingerprint density at radius 2 is 1.71 bits per heavy atom. The molecule has 0 atom stereocenters. The first-order chi connectivity index (χ1) is 9.99. The lowest BCUT2D eigenvalue weighted by atomic mass is 9.96. The highest BCUT2D eigenvalue weighted by Gasteiger charge is 2.15. The number of rotatable bonds is 6. The third-order valence-corrected chi connectivity index (χ3v) is 3.51. The molecule has 0 saturated heterocycles. The molecule has 0 aliphatic heterocycles. The van der Waals surface area contributed by atoms with E-state index >= 15 is 0 Å². The van der Waals surface area contributed by atoms with Gasteiger partial charge < -0.3 is 20.9 Å². The lowest BCUT2D eigenvalue weighted by Crippen LogP contribution is -2.44. The van der Waals surface area contributed by atoms with Crippen LogP contribution in [0.15, 0.2) is 0 Å². The van der Waals surface area contributed by atoms with Crippen molar-refractivity contribution in [2.75, 3.05) is 27.2 Å². The minimum atomic E-state index is -0.247. The first-order valence-corrected chi connectivity index (χ1v) is 7.50. The standard InChI is InChI=1S/C14H26N4O3/c1-18(2)13(20)10-16-12(19)8-9-15-14(21)17-11-6-4-3-5-7-11/h11H,3-10H2,1-2H3,(H,16,19)(H2,15,17,21). The molecule has 120 valence electrons. The van der Waals surface area contributed by atoms with Gasteiger partial charge in [-0.2, -0.15) is 0 Å². The van der Waals surface area contributed by atoms with E-state index in [0.29, 0.717) is 0 Å². The van der Waals surface area contributed by atoms with E-state index in [0.717, 1.165) is 25.7 Å². The molecule has 0 aromatic heterocycles. The van der Waals surface area contributed by atoms with Crippen LogP contribution in [-0.4, -0.2) is 56.0 Å². The van der Waals surface area contributed by atoms with E-state index in [1.165, 1.54) is 11.3 Å². The fourth-order valence-electron chi connectivity index (χ4n) is 2.19. The molecule has 1 aliphatic rings. The van der Waals surface area contributed by atoms with Gasteiger partial charge in [0.05, 0.1) is 6.54 Å². The van der Waals surface area contributed by atoms with Crippen LogP contribution in [0.1, 0.15) is 38.5 Å². The van der Waals surface area contributed by atoms with E-state index in [1.54, 1.807) is 14.1 Å². The molecule has 0 spiro atoms. The van der Waals surface area contributed by atoms with Gasteiger partial charge in [0.25, 0.3) is 0 Å². The molecule has 1 rings (SSSR count). The summed E-state index contributed by atoms with van der Waals surface area (Å²) >= 11 is 0. The predicted molar refractivity (Wildman–Crippen MR) is 79.7 cm³/mol. The first kappa shape index (κ1) is 17.3. The second-order valence-corrected chi connectivity index (χ2v) is 5.55. The zero-order chi connectivity index (χ0) is 15.7. The lowest BCUT2D eigenvalue weighted by molar-refractivity contribution is -0.130. The van der Waals surface area contributed by atoms with Crippen molar-refractivity contribution < 1.29 is 14.4 Å². The highest BCUT2D eigenvalue weighted by molar-refractivity contribution is 5.84. The summed E-state index contributed by atoms with van der Waals surface area (Å²) in [5, 5.41) is 8.10. The number of amides is 4. The number of likely N-dealkylation sites (N-methyl/N-ethyl adjacent to an activating group) is 1. The number of carbonyl (C=O) groups is 3. The molecule has 0 bridgehead atoms. The average Bonchev–Trinajstić information content (AvgIpc) is 2.45.